The number of hydrogen-bond acceptors (Lipinski definition) is 6. The molecule has 38 heavy (non-hydrogen) atoms. The standard InChI is InChI=1S/C30H31N3O5/c1-20-19-33(29(36)32-28(20)35)27-17-25(34)26(38-27)18-31-30(21-9-5-3-6-10-21,22-11-7-4-8-12-22)23-13-15-24(37-2)16-14-23/h3-16,19,25-27,31,34H,17-18H2,1-2H3,(H,32,35,36). The molecule has 0 spiro atoms. The number of aromatic nitrogens is 2. The normalized spacial score (nSPS) is 19.4. The zero-order chi connectivity index (χ0) is 26.7. The van der Waals surface area contributed by atoms with Crippen molar-refractivity contribution in [1.82, 2.24) is 14.9 Å². The van der Waals surface area contributed by atoms with E-state index in [1.54, 1.807) is 14.0 Å². The molecule has 2 heterocycles. The molecule has 196 valence electrons. The molecule has 4 aromatic rings. The lowest BCUT2D eigenvalue weighted by Crippen LogP contribution is -2.49. The van der Waals surface area contributed by atoms with Crippen molar-refractivity contribution >= 4 is 0 Å². The minimum Gasteiger partial charge on any atom is -0.497 e. The number of H-pyrrole nitrogens is 1. The Morgan fingerprint density at radius 1 is 0.974 bits per heavy atom. The highest BCUT2D eigenvalue weighted by Gasteiger charge is 2.40. The Morgan fingerprint density at radius 3 is 2.13 bits per heavy atom. The number of benzene rings is 3. The van der Waals surface area contributed by atoms with Crippen LogP contribution in [0.15, 0.2) is 101 Å². The number of aromatic amines is 1. The number of ether oxygens (including phenoxy) is 2. The Labute approximate surface area is 220 Å². The van der Waals surface area contributed by atoms with Crippen molar-refractivity contribution in [3.05, 3.63) is 134 Å². The van der Waals surface area contributed by atoms with Gasteiger partial charge in [0.05, 0.1) is 24.9 Å². The quantitative estimate of drug-likeness (QED) is 0.313. The van der Waals surface area contributed by atoms with Crippen LogP contribution in [0.25, 0.3) is 0 Å². The van der Waals surface area contributed by atoms with Gasteiger partial charge in [0.1, 0.15) is 12.0 Å². The number of aryl methyl sites for hydroxylation is 1. The van der Waals surface area contributed by atoms with Crippen LogP contribution >= 0.6 is 0 Å². The van der Waals surface area contributed by atoms with Crippen LogP contribution in [-0.2, 0) is 10.3 Å². The van der Waals surface area contributed by atoms with Crippen LogP contribution in [0.1, 0.15) is 34.9 Å². The number of nitrogens with zero attached hydrogens (tertiary/aromatic N) is 1. The molecular formula is C30H31N3O5. The summed E-state index contributed by atoms with van der Waals surface area (Å²) in [7, 11) is 1.64. The summed E-state index contributed by atoms with van der Waals surface area (Å²) in [6.07, 6.45) is -0.395. The van der Waals surface area contributed by atoms with E-state index in [4.69, 9.17) is 9.47 Å². The second-order valence-electron chi connectivity index (χ2n) is 9.50. The Balaban J connectivity index is 1.52. The van der Waals surface area contributed by atoms with Crippen molar-refractivity contribution in [2.24, 2.45) is 0 Å². The molecule has 1 aliphatic rings. The highest BCUT2D eigenvalue weighted by Crippen LogP contribution is 2.38. The van der Waals surface area contributed by atoms with Gasteiger partial charge in [0.25, 0.3) is 5.56 Å². The lowest BCUT2D eigenvalue weighted by atomic mass is 9.77. The molecule has 1 fully saturated rings. The van der Waals surface area contributed by atoms with Gasteiger partial charge in [-0.25, -0.2) is 4.79 Å². The molecule has 8 heteroatoms. The van der Waals surface area contributed by atoms with E-state index in [0.29, 0.717) is 12.1 Å². The number of rotatable bonds is 8. The van der Waals surface area contributed by atoms with Gasteiger partial charge < -0.3 is 14.6 Å². The van der Waals surface area contributed by atoms with E-state index in [1.807, 2.05) is 60.7 Å². The number of aliphatic hydroxyl groups excluding tert-OH is 1. The van der Waals surface area contributed by atoms with Crippen LogP contribution in [0.2, 0.25) is 0 Å². The summed E-state index contributed by atoms with van der Waals surface area (Å²) in [4.78, 5) is 26.6. The first-order chi connectivity index (χ1) is 18.4. The van der Waals surface area contributed by atoms with Crippen LogP contribution in [-0.4, -0.2) is 40.5 Å². The molecule has 0 aliphatic carbocycles. The summed E-state index contributed by atoms with van der Waals surface area (Å²) in [6.45, 7) is 1.92. The molecule has 0 bridgehead atoms. The fraction of sp³-hybridized carbons (Fsp3) is 0.267. The van der Waals surface area contributed by atoms with Crippen molar-refractivity contribution in [2.45, 2.75) is 37.3 Å². The average Bonchev–Trinajstić information content (AvgIpc) is 3.32. The minimum atomic E-state index is -0.813. The molecule has 5 rings (SSSR count). The first kappa shape index (κ1) is 25.7. The smallest absolute Gasteiger partial charge is 0.330 e. The van der Waals surface area contributed by atoms with E-state index < -0.39 is 35.2 Å². The van der Waals surface area contributed by atoms with Gasteiger partial charge in [-0.15, -0.1) is 0 Å². The Bertz CT molecular complexity index is 1440. The third-order valence-corrected chi connectivity index (χ3v) is 7.17. The van der Waals surface area contributed by atoms with Gasteiger partial charge in [0.2, 0.25) is 0 Å². The monoisotopic (exact) mass is 513 g/mol. The predicted octanol–water partition coefficient (Wildman–Crippen LogP) is 3.08. The molecule has 3 unspecified atom stereocenters. The van der Waals surface area contributed by atoms with Gasteiger partial charge in [0, 0.05) is 24.7 Å². The Morgan fingerprint density at radius 2 is 1.55 bits per heavy atom. The van der Waals surface area contributed by atoms with Crippen LogP contribution in [0, 0.1) is 6.92 Å². The zero-order valence-corrected chi connectivity index (χ0v) is 21.3. The Hall–Kier alpha value is -3.98. The lowest BCUT2D eigenvalue weighted by Gasteiger charge is -2.38. The maximum absolute atomic E-state index is 12.4. The highest BCUT2D eigenvalue weighted by molar-refractivity contribution is 5.50. The first-order valence-corrected chi connectivity index (χ1v) is 12.6. The second kappa shape index (κ2) is 10.8. The molecule has 0 amide bonds. The molecule has 3 aromatic carbocycles. The summed E-state index contributed by atoms with van der Waals surface area (Å²) in [6, 6.07) is 28.2. The van der Waals surface area contributed by atoms with Gasteiger partial charge in [-0.1, -0.05) is 72.8 Å². The van der Waals surface area contributed by atoms with E-state index in [0.717, 1.165) is 22.4 Å². The molecule has 3 N–H and O–H groups in total. The summed E-state index contributed by atoms with van der Waals surface area (Å²) in [5, 5.41) is 14.7. The van der Waals surface area contributed by atoms with Crippen molar-refractivity contribution in [2.75, 3.05) is 13.7 Å². The number of nitrogens with one attached hydrogen (secondary N) is 2. The van der Waals surface area contributed by atoms with Gasteiger partial charge in [-0.3, -0.25) is 19.7 Å². The lowest BCUT2D eigenvalue weighted by molar-refractivity contribution is -0.0213. The summed E-state index contributed by atoms with van der Waals surface area (Å²) in [5.74, 6) is 0.753. The van der Waals surface area contributed by atoms with Crippen LogP contribution < -0.4 is 21.3 Å². The SMILES string of the molecule is COc1ccc(C(NCC2OC(n3cc(C)c(=O)[nH]c3=O)CC2O)(c2ccccc2)c2ccccc2)cc1. The number of methoxy groups -OCH3 is 1. The van der Waals surface area contributed by atoms with Crippen LogP contribution in [0.3, 0.4) is 0 Å². The molecule has 1 aromatic heterocycles. The van der Waals surface area contributed by atoms with E-state index in [2.05, 4.69) is 34.6 Å². The predicted molar refractivity (Wildman–Crippen MR) is 144 cm³/mol. The molecule has 0 saturated carbocycles. The van der Waals surface area contributed by atoms with Crippen molar-refractivity contribution in [3.63, 3.8) is 0 Å². The summed E-state index contributed by atoms with van der Waals surface area (Å²) in [5.41, 5.74) is 1.68. The first-order valence-electron chi connectivity index (χ1n) is 12.6. The van der Waals surface area contributed by atoms with Crippen molar-refractivity contribution < 1.29 is 14.6 Å². The van der Waals surface area contributed by atoms with E-state index in [9.17, 15) is 14.7 Å². The topological polar surface area (TPSA) is 106 Å². The largest absolute Gasteiger partial charge is 0.497 e. The van der Waals surface area contributed by atoms with E-state index in [-0.39, 0.29) is 6.42 Å². The van der Waals surface area contributed by atoms with Crippen LogP contribution in [0.5, 0.6) is 5.75 Å². The summed E-state index contributed by atoms with van der Waals surface area (Å²) < 4.78 is 12.9. The fourth-order valence-electron chi connectivity index (χ4n) is 5.15. The zero-order valence-electron chi connectivity index (χ0n) is 21.3. The average molecular weight is 514 g/mol. The molecule has 1 aliphatic heterocycles. The fourth-order valence-corrected chi connectivity index (χ4v) is 5.15. The third kappa shape index (κ3) is 4.81. The van der Waals surface area contributed by atoms with E-state index >= 15 is 0 Å². The second-order valence-corrected chi connectivity index (χ2v) is 9.50. The molecule has 8 nitrogen and oxygen atoms in total. The molecule has 3 atom stereocenters. The minimum absolute atomic E-state index is 0.226. The van der Waals surface area contributed by atoms with Crippen molar-refractivity contribution in [1.29, 1.82) is 0 Å². The van der Waals surface area contributed by atoms with Crippen LogP contribution in [0.4, 0.5) is 0 Å². The van der Waals surface area contributed by atoms with E-state index in [1.165, 1.54) is 10.8 Å². The number of hydrogen-bond donors (Lipinski definition) is 3. The van der Waals surface area contributed by atoms with Gasteiger partial charge in [-0.05, 0) is 35.7 Å². The number of aliphatic hydroxyl groups is 1. The van der Waals surface area contributed by atoms with Gasteiger partial charge in [0.15, 0.2) is 0 Å². The third-order valence-electron chi connectivity index (χ3n) is 7.17. The molecule has 1 saturated heterocycles. The maximum Gasteiger partial charge on any atom is 0.330 e. The van der Waals surface area contributed by atoms with Gasteiger partial charge in [-0.2, -0.15) is 0 Å². The molecule has 0 radical (unpaired) electrons. The van der Waals surface area contributed by atoms with Crippen molar-refractivity contribution in [3.8, 4) is 5.75 Å². The van der Waals surface area contributed by atoms with Gasteiger partial charge >= 0.3 is 5.69 Å². The summed E-state index contributed by atoms with van der Waals surface area (Å²) >= 11 is 0. The maximum atomic E-state index is 12.4. The highest BCUT2D eigenvalue weighted by atomic mass is 16.5. The molecular weight excluding hydrogens is 482 g/mol. The Kier molecular flexibility index (Phi) is 7.28.